The van der Waals surface area contributed by atoms with Gasteiger partial charge in [0.1, 0.15) is 0 Å². The molecule has 1 saturated heterocycles. The van der Waals surface area contributed by atoms with E-state index in [1.807, 2.05) is 19.1 Å². The van der Waals surface area contributed by atoms with Gasteiger partial charge in [0.15, 0.2) is 0 Å². The number of carbonyl (C=O) groups excluding carboxylic acids is 1. The molecule has 5 nitrogen and oxygen atoms in total. The van der Waals surface area contributed by atoms with E-state index in [9.17, 15) is 9.90 Å². The number of hydrogen-bond acceptors (Lipinski definition) is 4. The highest BCUT2D eigenvalue weighted by atomic mass is 16.5. The molecule has 1 aliphatic heterocycles. The lowest BCUT2D eigenvalue weighted by Gasteiger charge is -2.37. The molecule has 0 spiro atoms. The van der Waals surface area contributed by atoms with E-state index in [1.165, 1.54) is 0 Å². The number of aromatic nitrogens is 1. The average Bonchev–Trinajstić information content (AvgIpc) is 2.73. The van der Waals surface area contributed by atoms with Crippen LogP contribution in [0.3, 0.4) is 0 Å². The predicted octanol–water partition coefficient (Wildman–Crippen LogP) is 2.98. The second-order valence-electron chi connectivity index (χ2n) is 7.26. The third-order valence-electron chi connectivity index (χ3n) is 5.49. The van der Waals surface area contributed by atoms with Gasteiger partial charge in [0.2, 0.25) is 5.91 Å². The molecule has 2 N–H and O–H groups in total. The van der Waals surface area contributed by atoms with Crippen molar-refractivity contribution >= 4 is 5.91 Å². The second-order valence-corrected chi connectivity index (χ2v) is 7.26. The van der Waals surface area contributed by atoms with Crippen molar-refractivity contribution in [2.45, 2.75) is 38.6 Å². The van der Waals surface area contributed by atoms with Crippen LogP contribution in [0, 0.1) is 5.41 Å². The maximum atomic E-state index is 13.1. The minimum Gasteiger partial charge on any atom is -0.394 e. The molecular formula is C22H28N2O3. The van der Waals surface area contributed by atoms with E-state index in [1.54, 1.807) is 12.4 Å². The summed E-state index contributed by atoms with van der Waals surface area (Å²) in [7, 11) is 0. The molecule has 1 aromatic carbocycles. The quantitative estimate of drug-likeness (QED) is 0.788. The number of amides is 1. The molecule has 3 rings (SSSR count). The van der Waals surface area contributed by atoms with Crippen molar-refractivity contribution in [1.82, 2.24) is 10.3 Å². The van der Waals surface area contributed by atoms with Crippen molar-refractivity contribution in [1.29, 1.82) is 0 Å². The third-order valence-corrected chi connectivity index (χ3v) is 5.49. The number of rotatable bonds is 7. The lowest BCUT2D eigenvalue weighted by molar-refractivity contribution is -0.137. The zero-order valence-electron chi connectivity index (χ0n) is 15.9. The maximum absolute atomic E-state index is 13.1. The highest BCUT2D eigenvalue weighted by Crippen LogP contribution is 2.35. The predicted molar refractivity (Wildman–Crippen MR) is 105 cm³/mol. The van der Waals surface area contributed by atoms with Crippen LogP contribution < -0.4 is 5.32 Å². The van der Waals surface area contributed by atoms with E-state index >= 15 is 0 Å². The van der Waals surface area contributed by atoms with Crippen molar-refractivity contribution in [3.05, 3.63) is 54.4 Å². The van der Waals surface area contributed by atoms with Gasteiger partial charge < -0.3 is 15.2 Å². The van der Waals surface area contributed by atoms with Crippen LogP contribution in [0.2, 0.25) is 0 Å². The van der Waals surface area contributed by atoms with E-state index in [2.05, 4.69) is 34.6 Å². The summed E-state index contributed by atoms with van der Waals surface area (Å²) in [5, 5.41) is 12.5. The number of aliphatic hydroxyl groups excluding tert-OH is 1. The topological polar surface area (TPSA) is 71.5 Å². The minimum absolute atomic E-state index is 0.0323. The van der Waals surface area contributed by atoms with E-state index in [0.717, 1.165) is 23.1 Å². The van der Waals surface area contributed by atoms with Gasteiger partial charge in [-0.1, -0.05) is 31.2 Å². The van der Waals surface area contributed by atoms with Crippen molar-refractivity contribution in [2.24, 2.45) is 5.41 Å². The first-order valence-electron chi connectivity index (χ1n) is 9.66. The largest absolute Gasteiger partial charge is 0.394 e. The number of nitrogens with zero attached hydrogens (tertiary/aromatic N) is 1. The summed E-state index contributed by atoms with van der Waals surface area (Å²) in [6, 6.07) is 12.2. The lowest BCUT2D eigenvalue weighted by atomic mass is 9.74. The van der Waals surface area contributed by atoms with E-state index < -0.39 is 5.41 Å². The SMILES string of the molecule is CCC(CO)NC(=O)C1(Cc2ccc(-c3ccncc3)cc2)CCOCC1. The van der Waals surface area contributed by atoms with Crippen LogP contribution in [-0.4, -0.2) is 41.9 Å². The molecule has 0 aliphatic carbocycles. The Morgan fingerprint density at radius 1 is 1.15 bits per heavy atom. The number of hydrogen-bond donors (Lipinski definition) is 2. The highest BCUT2D eigenvalue weighted by molar-refractivity contribution is 5.83. The summed E-state index contributed by atoms with van der Waals surface area (Å²) in [5.74, 6) is 0.0323. The van der Waals surface area contributed by atoms with Gasteiger partial charge in [-0.05, 0) is 54.5 Å². The second kappa shape index (κ2) is 9.11. The van der Waals surface area contributed by atoms with Gasteiger partial charge in [-0.3, -0.25) is 9.78 Å². The number of nitrogens with one attached hydrogen (secondary N) is 1. The zero-order valence-corrected chi connectivity index (χ0v) is 15.9. The normalized spacial score (nSPS) is 17.3. The highest BCUT2D eigenvalue weighted by Gasteiger charge is 2.40. The molecule has 2 aromatic rings. The fourth-order valence-electron chi connectivity index (χ4n) is 3.61. The first kappa shape index (κ1) is 19.5. The summed E-state index contributed by atoms with van der Waals surface area (Å²) in [6.07, 6.45) is 6.38. The Labute approximate surface area is 160 Å². The molecule has 1 fully saturated rings. The third kappa shape index (κ3) is 4.73. The first-order valence-corrected chi connectivity index (χ1v) is 9.66. The molecule has 0 bridgehead atoms. The standard InChI is InChI=1S/C22H28N2O3/c1-2-20(16-25)24-21(26)22(9-13-27-14-10-22)15-17-3-5-18(6-4-17)19-7-11-23-12-8-19/h3-8,11-12,20,25H,2,9-10,13-16H2,1H3,(H,24,26). The Bertz CT molecular complexity index is 721. The molecule has 27 heavy (non-hydrogen) atoms. The number of carbonyl (C=O) groups is 1. The van der Waals surface area contributed by atoms with Gasteiger partial charge >= 0.3 is 0 Å². The van der Waals surface area contributed by atoms with Crippen LogP contribution >= 0.6 is 0 Å². The number of benzene rings is 1. The Balaban J connectivity index is 1.77. The molecule has 5 heteroatoms. The number of pyridine rings is 1. The van der Waals surface area contributed by atoms with Gasteiger partial charge in [-0.25, -0.2) is 0 Å². The molecule has 1 amide bonds. The van der Waals surface area contributed by atoms with E-state index in [0.29, 0.717) is 32.5 Å². The fraction of sp³-hybridized carbons (Fsp3) is 0.455. The van der Waals surface area contributed by atoms with Gasteiger partial charge in [0.05, 0.1) is 18.1 Å². The molecule has 144 valence electrons. The van der Waals surface area contributed by atoms with Gasteiger partial charge in [0.25, 0.3) is 0 Å². The molecule has 2 heterocycles. The lowest BCUT2D eigenvalue weighted by Crippen LogP contribution is -2.50. The zero-order chi connectivity index (χ0) is 19.1. The molecule has 1 atom stereocenters. The summed E-state index contributed by atoms with van der Waals surface area (Å²) in [6.45, 7) is 3.13. The Hall–Kier alpha value is -2.24. The Morgan fingerprint density at radius 3 is 2.37 bits per heavy atom. The maximum Gasteiger partial charge on any atom is 0.227 e. The Kier molecular flexibility index (Phi) is 6.58. The first-order chi connectivity index (χ1) is 13.2. The van der Waals surface area contributed by atoms with Crippen molar-refractivity contribution in [3.8, 4) is 11.1 Å². The van der Waals surface area contributed by atoms with Crippen LogP contribution in [0.5, 0.6) is 0 Å². The van der Waals surface area contributed by atoms with Crippen molar-refractivity contribution < 1.29 is 14.6 Å². The molecule has 1 unspecified atom stereocenters. The van der Waals surface area contributed by atoms with Crippen LogP contribution in [0.4, 0.5) is 0 Å². The smallest absolute Gasteiger partial charge is 0.227 e. The molecule has 0 saturated carbocycles. The average molecular weight is 368 g/mol. The summed E-state index contributed by atoms with van der Waals surface area (Å²) in [5.41, 5.74) is 2.93. The van der Waals surface area contributed by atoms with Crippen LogP contribution in [-0.2, 0) is 16.0 Å². The number of aliphatic hydroxyl groups is 1. The van der Waals surface area contributed by atoms with Gasteiger partial charge in [-0.2, -0.15) is 0 Å². The van der Waals surface area contributed by atoms with Crippen LogP contribution in [0.25, 0.3) is 11.1 Å². The fourth-order valence-corrected chi connectivity index (χ4v) is 3.61. The summed E-state index contributed by atoms with van der Waals surface area (Å²) in [4.78, 5) is 17.1. The van der Waals surface area contributed by atoms with Crippen LogP contribution in [0.15, 0.2) is 48.8 Å². The van der Waals surface area contributed by atoms with Crippen molar-refractivity contribution in [3.63, 3.8) is 0 Å². The summed E-state index contributed by atoms with van der Waals surface area (Å²) < 4.78 is 5.51. The van der Waals surface area contributed by atoms with Crippen molar-refractivity contribution in [2.75, 3.05) is 19.8 Å². The molecule has 0 radical (unpaired) electrons. The van der Waals surface area contributed by atoms with E-state index in [-0.39, 0.29) is 18.6 Å². The molecule has 1 aromatic heterocycles. The van der Waals surface area contributed by atoms with E-state index in [4.69, 9.17) is 4.74 Å². The minimum atomic E-state index is -0.473. The number of ether oxygens (including phenoxy) is 1. The molecule has 1 aliphatic rings. The van der Waals surface area contributed by atoms with Crippen LogP contribution in [0.1, 0.15) is 31.7 Å². The summed E-state index contributed by atoms with van der Waals surface area (Å²) >= 11 is 0. The molecular weight excluding hydrogens is 340 g/mol. The Morgan fingerprint density at radius 2 is 1.78 bits per heavy atom. The van der Waals surface area contributed by atoms with Gasteiger partial charge in [-0.15, -0.1) is 0 Å². The van der Waals surface area contributed by atoms with Gasteiger partial charge in [0, 0.05) is 25.6 Å². The monoisotopic (exact) mass is 368 g/mol.